The maximum absolute atomic E-state index is 11.9. The normalized spacial score (nSPS) is 11.0. The van der Waals surface area contributed by atoms with Crippen LogP contribution in [0.5, 0.6) is 0 Å². The quantitative estimate of drug-likeness (QED) is 0.752. The lowest BCUT2D eigenvalue weighted by atomic mass is 10.1. The van der Waals surface area contributed by atoms with Crippen molar-refractivity contribution in [3.05, 3.63) is 46.2 Å². The Balaban J connectivity index is 1.44. The molecular formula is C16H19N5OS. The number of hydrogen-bond donors (Lipinski definition) is 1. The third kappa shape index (κ3) is 3.92. The molecule has 2 heterocycles. The summed E-state index contributed by atoms with van der Waals surface area (Å²) in [4.78, 5) is 12.7. The number of fused-ring (bicyclic) bond motifs is 1. The van der Waals surface area contributed by atoms with Crippen molar-refractivity contribution in [2.45, 2.75) is 33.1 Å². The summed E-state index contributed by atoms with van der Waals surface area (Å²) in [6.07, 6.45) is 1.92. The largest absolute Gasteiger partial charge is 0.356 e. The Hall–Kier alpha value is -2.28. The summed E-state index contributed by atoms with van der Waals surface area (Å²) in [6.45, 7) is 4.60. The molecule has 0 saturated heterocycles. The maximum atomic E-state index is 11.9. The molecule has 1 N–H and O–H groups in total. The first-order valence-corrected chi connectivity index (χ1v) is 8.43. The van der Waals surface area contributed by atoms with Crippen molar-refractivity contribution in [2.75, 3.05) is 6.54 Å². The monoisotopic (exact) mass is 329 g/mol. The molecule has 0 spiro atoms. The van der Waals surface area contributed by atoms with Gasteiger partial charge in [0.25, 0.3) is 0 Å². The van der Waals surface area contributed by atoms with Crippen LogP contribution in [0.15, 0.2) is 24.3 Å². The fourth-order valence-electron chi connectivity index (χ4n) is 2.38. The number of benzene rings is 1. The zero-order valence-corrected chi connectivity index (χ0v) is 14.1. The van der Waals surface area contributed by atoms with Crippen LogP contribution in [0.2, 0.25) is 0 Å². The number of carbonyl (C=O) groups is 1. The third-order valence-corrected chi connectivity index (χ3v) is 4.53. The molecule has 7 heteroatoms. The number of rotatable bonds is 6. The van der Waals surface area contributed by atoms with E-state index in [1.807, 2.05) is 13.0 Å². The summed E-state index contributed by atoms with van der Waals surface area (Å²) in [5.74, 6) is 0.824. The van der Waals surface area contributed by atoms with Crippen LogP contribution >= 0.6 is 11.3 Å². The Morgan fingerprint density at radius 2 is 2.13 bits per heavy atom. The van der Waals surface area contributed by atoms with E-state index in [9.17, 15) is 4.79 Å². The summed E-state index contributed by atoms with van der Waals surface area (Å²) in [5, 5.41) is 16.3. The molecule has 0 radical (unpaired) electrons. The molecule has 23 heavy (non-hydrogen) atoms. The Morgan fingerprint density at radius 3 is 2.91 bits per heavy atom. The van der Waals surface area contributed by atoms with Crippen LogP contribution in [-0.4, -0.2) is 32.3 Å². The van der Waals surface area contributed by atoms with Gasteiger partial charge in [0.05, 0.1) is 0 Å². The van der Waals surface area contributed by atoms with Gasteiger partial charge in [-0.15, -0.1) is 10.2 Å². The minimum Gasteiger partial charge on any atom is -0.356 e. The molecule has 0 unspecified atom stereocenters. The van der Waals surface area contributed by atoms with E-state index < -0.39 is 0 Å². The molecule has 0 saturated carbocycles. The van der Waals surface area contributed by atoms with E-state index in [0.717, 1.165) is 22.2 Å². The van der Waals surface area contributed by atoms with Crippen LogP contribution in [0.3, 0.4) is 0 Å². The molecule has 0 bridgehead atoms. The van der Waals surface area contributed by atoms with Crippen molar-refractivity contribution in [2.24, 2.45) is 0 Å². The van der Waals surface area contributed by atoms with Gasteiger partial charge in [-0.2, -0.15) is 9.61 Å². The molecule has 120 valence electrons. The molecular weight excluding hydrogens is 310 g/mol. The van der Waals surface area contributed by atoms with E-state index in [1.54, 1.807) is 4.52 Å². The fraction of sp³-hybridized carbons (Fsp3) is 0.375. The van der Waals surface area contributed by atoms with Crippen molar-refractivity contribution >= 4 is 22.2 Å². The molecule has 1 amide bonds. The first kappa shape index (κ1) is 15.6. The molecule has 1 aromatic carbocycles. The standard InChI is InChI=1S/C16H19N5OS/c1-11-4-3-5-13(10-11)8-9-17-14(22)6-7-15-20-21-12(2)18-19-16(21)23-15/h3-5,10H,6-9H2,1-2H3,(H,17,22). The van der Waals surface area contributed by atoms with Crippen molar-refractivity contribution in [1.82, 2.24) is 25.1 Å². The second kappa shape index (κ2) is 6.87. The van der Waals surface area contributed by atoms with E-state index in [0.29, 0.717) is 19.4 Å². The topological polar surface area (TPSA) is 72.2 Å². The second-order valence-electron chi connectivity index (χ2n) is 5.53. The zero-order valence-electron chi connectivity index (χ0n) is 13.2. The highest BCUT2D eigenvalue weighted by Gasteiger charge is 2.10. The summed E-state index contributed by atoms with van der Waals surface area (Å²) < 4.78 is 1.72. The van der Waals surface area contributed by atoms with Gasteiger partial charge in [0, 0.05) is 19.4 Å². The molecule has 0 atom stereocenters. The summed E-state index contributed by atoms with van der Waals surface area (Å²) >= 11 is 1.48. The lowest BCUT2D eigenvalue weighted by Gasteiger charge is -2.05. The molecule has 0 aliphatic heterocycles. The second-order valence-corrected chi connectivity index (χ2v) is 6.57. The van der Waals surface area contributed by atoms with Crippen LogP contribution in [0, 0.1) is 13.8 Å². The SMILES string of the molecule is Cc1cccc(CCNC(=O)CCc2nn3c(C)nnc3s2)c1. The van der Waals surface area contributed by atoms with Gasteiger partial charge in [-0.3, -0.25) is 4.79 Å². The third-order valence-electron chi connectivity index (χ3n) is 3.57. The van der Waals surface area contributed by atoms with Gasteiger partial charge < -0.3 is 5.32 Å². The van der Waals surface area contributed by atoms with Crippen molar-refractivity contribution in [3.63, 3.8) is 0 Å². The minimum atomic E-state index is 0.0559. The molecule has 6 nitrogen and oxygen atoms in total. The van der Waals surface area contributed by atoms with E-state index >= 15 is 0 Å². The van der Waals surface area contributed by atoms with Crippen molar-refractivity contribution < 1.29 is 4.79 Å². The van der Waals surface area contributed by atoms with Crippen LogP contribution < -0.4 is 5.32 Å². The molecule has 2 aromatic heterocycles. The molecule has 3 rings (SSSR count). The van der Waals surface area contributed by atoms with Gasteiger partial charge in [-0.25, -0.2) is 0 Å². The Morgan fingerprint density at radius 1 is 1.26 bits per heavy atom. The van der Waals surface area contributed by atoms with Gasteiger partial charge in [0.15, 0.2) is 5.82 Å². The predicted molar refractivity (Wildman–Crippen MR) is 89.6 cm³/mol. The highest BCUT2D eigenvalue weighted by molar-refractivity contribution is 7.16. The minimum absolute atomic E-state index is 0.0559. The number of nitrogens with one attached hydrogen (secondary N) is 1. The van der Waals surface area contributed by atoms with Gasteiger partial charge >= 0.3 is 0 Å². The number of aryl methyl sites for hydroxylation is 3. The maximum Gasteiger partial charge on any atom is 0.234 e. The lowest BCUT2D eigenvalue weighted by molar-refractivity contribution is -0.121. The van der Waals surface area contributed by atoms with E-state index in [-0.39, 0.29) is 5.91 Å². The number of carbonyl (C=O) groups excluding carboxylic acids is 1. The lowest BCUT2D eigenvalue weighted by Crippen LogP contribution is -2.25. The number of hydrogen-bond acceptors (Lipinski definition) is 5. The average Bonchev–Trinajstić information content (AvgIpc) is 3.07. The number of nitrogens with zero attached hydrogens (tertiary/aromatic N) is 4. The highest BCUT2D eigenvalue weighted by atomic mass is 32.1. The first-order chi connectivity index (χ1) is 11.1. The summed E-state index contributed by atoms with van der Waals surface area (Å²) in [7, 11) is 0. The van der Waals surface area contributed by atoms with Gasteiger partial charge in [0.2, 0.25) is 10.9 Å². The van der Waals surface area contributed by atoms with Gasteiger partial charge in [-0.05, 0) is 25.8 Å². The smallest absolute Gasteiger partial charge is 0.234 e. The van der Waals surface area contributed by atoms with Gasteiger partial charge in [0.1, 0.15) is 5.01 Å². The highest BCUT2D eigenvalue weighted by Crippen LogP contribution is 2.15. The van der Waals surface area contributed by atoms with Crippen molar-refractivity contribution in [3.8, 4) is 0 Å². The average molecular weight is 329 g/mol. The zero-order chi connectivity index (χ0) is 16.2. The van der Waals surface area contributed by atoms with Crippen molar-refractivity contribution in [1.29, 1.82) is 0 Å². The van der Waals surface area contributed by atoms with Crippen LogP contribution in [0.4, 0.5) is 0 Å². The first-order valence-electron chi connectivity index (χ1n) is 7.62. The van der Waals surface area contributed by atoms with E-state index in [2.05, 4.69) is 45.7 Å². The molecule has 0 aliphatic rings. The van der Waals surface area contributed by atoms with Crippen LogP contribution in [0.25, 0.3) is 4.96 Å². The van der Waals surface area contributed by atoms with E-state index in [4.69, 9.17) is 0 Å². The predicted octanol–water partition coefficient (Wildman–Crippen LogP) is 2.09. The number of amides is 1. The Bertz CT molecular complexity index is 823. The molecule has 3 aromatic rings. The Kier molecular flexibility index (Phi) is 4.66. The van der Waals surface area contributed by atoms with Crippen LogP contribution in [-0.2, 0) is 17.6 Å². The molecule has 0 fully saturated rings. The Labute approximate surface area is 138 Å². The summed E-state index contributed by atoms with van der Waals surface area (Å²) in [5.41, 5.74) is 2.49. The summed E-state index contributed by atoms with van der Waals surface area (Å²) in [6, 6.07) is 8.35. The number of aromatic nitrogens is 4. The molecule has 0 aliphatic carbocycles. The fourth-order valence-corrected chi connectivity index (χ4v) is 3.26. The van der Waals surface area contributed by atoms with Crippen LogP contribution in [0.1, 0.15) is 28.4 Å². The van der Waals surface area contributed by atoms with Gasteiger partial charge in [-0.1, -0.05) is 41.2 Å². The van der Waals surface area contributed by atoms with E-state index in [1.165, 1.54) is 22.5 Å².